The maximum Gasteiger partial charge on any atom is 0.355 e. The average Bonchev–Trinajstić information content (AvgIpc) is 2.85. The quantitative estimate of drug-likeness (QED) is 0.895. The number of rotatable bonds is 3. The molecule has 20 heavy (non-hydrogen) atoms. The second-order valence-electron chi connectivity index (χ2n) is 5.26. The molecule has 0 radical (unpaired) electrons. The van der Waals surface area contributed by atoms with Gasteiger partial charge in [-0.15, -0.1) is 11.3 Å². The predicted molar refractivity (Wildman–Crippen MR) is 75.9 cm³/mol. The highest BCUT2D eigenvalue weighted by Crippen LogP contribution is 2.22. The molecule has 2 rings (SSSR count). The van der Waals surface area contributed by atoms with Gasteiger partial charge < -0.3 is 15.3 Å². The van der Waals surface area contributed by atoms with Gasteiger partial charge in [0.05, 0.1) is 6.54 Å². The monoisotopic (exact) mass is 297 g/mol. The minimum absolute atomic E-state index is 0.0272. The number of amides is 2. The first-order valence-electron chi connectivity index (χ1n) is 6.69. The molecule has 6 nitrogen and oxygen atoms in total. The molecule has 0 aliphatic carbocycles. The minimum Gasteiger partial charge on any atom is -0.476 e. The Kier molecular flexibility index (Phi) is 4.59. The van der Waals surface area contributed by atoms with Crippen molar-refractivity contribution in [1.29, 1.82) is 0 Å². The van der Waals surface area contributed by atoms with Crippen molar-refractivity contribution in [2.75, 3.05) is 6.54 Å². The lowest BCUT2D eigenvalue weighted by Gasteiger charge is -2.36. The molecule has 0 saturated carbocycles. The lowest BCUT2D eigenvalue weighted by molar-refractivity contribution is 0.0691. The van der Waals surface area contributed by atoms with Crippen LogP contribution in [0.25, 0.3) is 0 Å². The SMILES string of the molecule is CC1CCN(C(=O)NCc2nc(C(=O)O)cs2)C(C)C1. The minimum atomic E-state index is -1.04. The molecule has 110 valence electrons. The number of carboxylic acids is 1. The van der Waals surface area contributed by atoms with E-state index in [9.17, 15) is 9.59 Å². The topological polar surface area (TPSA) is 82.5 Å². The van der Waals surface area contributed by atoms with Crippen LogP contribution in [0.1, 0.15) is 42.2 Å². The van der Waals surface area contributed by atoms with Crippen LogP contribution in [0.4, 0.5) is 4.79 Å². The summed E-state index contributed by atoms with van der Waals surface area (Å²) in [5, 5.41) is 13.7. The van der Waals surface area contributed by atoms with Crippen molar-refractivity contribution in [2.45, 2.75) is 39.3 Å². The number of urea groups is 1. The van der Waals surface area contributed by atoms with Crippen molar-refractivity contribution in [1.82, 2.24) is 15.2 Å². The van der Waals surface area contributed by atoms with E-state index in [4.69, 9.17) is 5.11 Å². The summed E-state index contributed by atoms with van der Waals surface area (Å²) in [6, 6.07) is 0.140. The van der Waals surface area contributed by atoms with Gasteiger partial charge in [-0.2, -0.15) is 0 Å². The molecule has 0 bridgehead atoms. The van der Waals surface area contributed by atoms with Gasteiger partial charge in [-0.3, -0.25) is 0 Å². The molecule has 1 aromatic rings. The summed E-state index contributed by atoms with van der Waals surface area (Å²) in [6.07, 6.45) is 2.05. The smallest absolute Gasteiger partial charge is 0.355 e. The Bertz CT molecular complexity index is 503. The number of piperidine rings is 1. The zero-order valence-electron chi connectivity index (χ0n) is 11.6. The lowest BCUT2D eigenvalue weighted by atomic mass is 9.94. The van der Waals surface area contributed by atoms with Crippen molar-refractivity contribution in [3.05, 3.63) is 16.1 Å². The normalized spacial score (nSPS) is 22.6. The van der Waals surface area contributed by atoms with Gasteiger partial charge in [0.2, 0.25) is 0 Å². The van der Waals surface area contributed by atoms with Crippen molar-refractivity contribution in [3.63, 3.8) is 0 Å². The third-order valence-corrected chi connectivity index (χ3v) is 4.41. The van der Waals surface area contributed by atoms with E-state index in [1.54, 1.807) is 0 Å². The number of nitrogens with zero attached hydrogens (tertiary/aromatic N) is 2. The number of hydrogen-bond acceptors (Lipinski definition) is 4. The maximum atomic E-state index is 12.1. The third kappa shape index (κ3) is 3.47. The number of aromatic carboxylic acids is 1. The fourth-order valence-electron chi connectivity index (χ4n) is 2.45. The van der Waals surface area contributed by atoms with E-state index >= 15 is 0 Å². The molecule has 2 amide bonds. The van der Waals surface area contributed by atoms with Crippen molar-refractivity contribution in [2.24, 2.45) is 5.92 Å². The fraction of sp³-hybridized carbons (Fsp3) is 0.615. The summed E-state index contributed by atoms with van der Waals surface area (Å²) < 4.78 is 0. The molecule has 1 aromatic heterocycles. The van der Waals surface area contributed by atoms with Gasteiger partial charge in [0.1, 0.15) is 5.01 Å². The predicted octanol–water partition coefficient (Wildman–Crippen LogP) is 2.17. The van der Waals surface area contributed by atoms with Crippen LogP contribution < -0.4 is 5.32 Å². The first-order chi connectivity index (χ1) is 9.47. The Hall–Kier alpha value is -1.63. The molecule has 1 aliphatic rings. The van der Waals surface area contributed by atoms with E-state index in [2.05, 4.69) is 24.1 Å². The van der Waals surface area contributed by atoms with Crippen molar-refractivity contribution >= 4 is 23.3 Å². The number of likely N-dealkylation sites (tertiary alicyclic amines) is 1. The van der Waals surface area contributed by atoms with Gasteiger partial charge in [-0.25, -0.2) is 14.6 Å². The standard InChI is InChI=1S/C13H19N3O3S/c1-8-3-4-16(9(2)5-8)13(19)14-6-11-15-10(7-20-11)12(17)18/h7-9H,3-6H2,1-2H3,(H,14,19)(H,17,18). The molecule has 7 heteroatoms. The molecular weight excluding hydrogens is 278 g/mol. The molecular formula is C13H19N3O3S. The van der Waals surface area contributed by atoms with Crippen LogP contribution in [0.3, 0.4) is 0 Å². The van der Waals surface area contributed by atoms with Gasteiger partial charge in [-0.1, -0.05) is 6.92 Å². The molecule has 2 N–H and O–H groups in total. The Labute approximate surface area is 121 Å². The Morgan fingerprint density at radius 1 is 1.55 bits per heavy atom. The van der Waals surface area contributed by atoms with E-state index in [0.717, 1.165) is 19.4 Å². The molecule has 0 spiro atoms. The van der Waals surface area contributed by atoms with E-state index < -0.39 is 5.97 Å². The highest BCUT2D eigenvalue weighted by molar-refractivity contribution is 7.09. The number of thiazole rings is 1. The largest absolute Gasteiger partial charge is 0.476 e. The van der Waals surface area contributed by atoms with E-state index in [-0.39, 0.29) is 24.3 Å². The van der Waals surface area contributed by atoms with Crippen LogP contribution >= 0.6 is 11.3 Å². The second kappa shape index (κ2) is 6.21. The fourth-order valence-corrected chi connectivity index (χ4v) is 3.16. The third-order valence-electron chi connectivity index (χ3n) is 3.56. The van der Waals surface area contributed by atoms with Crippen LogP contribution in [0, 0.1) is 5.92 Å². The van der Waals surface area contributed by atoms with Crippen molar-refractivity contribution < 1.29 is 14.7 Å². The number of carboxylic acid groups (broad SMARTS) is 1. The number of nitrogens with one attached hydrogen (secondary N) is 1. The van der Waals surface area contributed by atoms with Crippen LogP contribution in [0.2, 0.25) is 0 Å². The van der Waals surface area contributed by atoms with Gasteiger partial charge in [0.15, 0.2) is 5.69 Å². The maximum absolute atomic E-state index is 12.1. The first kappa shape index (κ1) is 14.8. The lowest BCUT2D eigenvalue weighted by Crippen LogP contribution is -2.48. The van der Waals surface area contributed by atoms with E-state index in [1.165, 1.54) is 16.7 Å². The van der Waals surface area contributed by atoms with E-state index in [0.29, 0.717) is 10.9 Å². The molecule has 2 heterocycles. The molecule has 1 fully saturated rings. The Morgan fingerprint density at radius 3 is 2.90 bits per heavy atom. The summed E-state index contributed by atoms with van der Waals surface area (Å²) in [4.78, 5) is 28.6. The molecule has 1 saturated heterocycles. The summed E-state index contributed by atoms with van der Waals surface area (Å²) >= 11 is 1.24. The molecule has 1 aliphatic heterocycles. The number of carbonyl (C=O) groups excluding carboxylic acids is 1. The van der Waals surface area contributed by atoms with Gasteiger partial charge in [0, 0.05) is 18.0 Å². The zero-order valence-corrected chi connectivity index (χ0v) is 12.4. The van der Waals surface area contributed by atoms with E-state index in [1.807, 2.05) is 4.90 Å². The molecule has 0 aromatic carbocycles. The van der Waals surface area contributed by atoms with Gasteiger partial charge in [-0.05, 0) is 25.7 Å². The zero-order chi connectivity index (χ0) is 14.7. The number of carbonyl (C=O) groups is 2. The number of aromatic nitrogens is 1. The van der Waals surface area contributed by atoms with Crippen LogP contribution in [-0.2, 0) is 6.54 Å². The molecule has 2 unspecified atom stereocenters. The van der Waals surface area contributed by atoms with Crippen LogP contribution in [0.5, 0.6) is 0 Å². The van der Waals surface area contributed by atoms with Crippen LogP contribution in [0.15, 0.2) is 5.38 Å². The number of hydrogen-bond donors (Lipinski definition) is 2. The van der Waals surface area contributed by atoms with Gasteiger partial charge >= 0.3 is 12.0 Å². The summed E-state index contributed by atoms with van der Waals surface area (Å²) in [5.41, 5.74) is 0.0272. The highest BCUT2D eigenvalue weighted by Gasteiger charge is 2.26. The first-order valence-corrected chi connectivity index (χ1v) is 7.57. The second-order valence-corrected chi connectivity index (χ2v) is 6.20. The van der Waals surface area contributed by atoms with Gasteiger partial charge in [0.25, 0.3) is 0 Å². The summed E-state index contributed by atoms with van der Waals surface area (Å²) in [5.74, 6) is -0.386. The van der Waals surface area contributed by atoms with Crippen LogP contribution in [-0.4, -0.2) is 39.6 Å². The summed E-state index contributed by atoms with van der Waals surface area (Å²) in [6.45, 7) is 5.30. The van der Waals surface area contributed by atoms with Crippen molar-refractivity contribution in [3.8, 4) is 0 Å². The average molecular weight is 297 g/mol. The Morgan fingerprint density at radius 2 is 2.30 bits per heavy atom. The molecule has 2 atom stereocenters. The summed E-state index contributed by atoms with van der Waals surface area (Å²) in [7, 11) is 0. The Balaban J connectivity index is 1.86. The highest BCUT2D eigenvalue weighted by atomic mass is 32.1.